The summed E-state index contributed by atoms with van der Waals surface area (Å²) in [6.45, 7) is 9.64. The Bertz CT molecular complexity index is 889. The van der Waals surface area contributed by atoms with E-state index in [1.54, 1.807) is 18.2 Å². The number of anilines is 1. The number of hydrogen-bond donors (Lipinski definition) is 0. The van der Waals surface area contributed by atoms with Crippen molar-refractivity contribution in [1.82, 2.24) is 4.90 Å². The highest BCUT2D eigenvalue weighted by atomic mass is 16.5. The Morgan fingerprint density at radius 3 is 2.53 bits per heavy atom. The van der Waals surface area contributed by atoms with Crippen LogP contribution in [0.5, 0.6) is 11.5 Å². The van der Waals surface area contributed by atoms with E-state index < -0.39 is 0 Å². The molecule has 0 saturated carbocycles. The van der Waals surface area contributed by atoms with Crippen LogP contribution in [0.2, 0.25) is 0 Å². The number of carbonyl (C=O) groups is 2. The molecule has 1 fully saturated rings. The summed E-state index contributed by atoms with van der Waals surface area (Å²) < 4.78 is 11.3. The van der Waals surface area contributed by atoms with E-state index in [9.17, 15) is 9.59 Å². The van der Waals surface area contributed by atoms with Crippen molar-refractivity contribution in [3.63, 3.8) is 0 Å². The summed E-state index contributed by atoms with van der Waals surface area (Å²) in [4.78, 5) is 28.1. The molecule has 6 nitrogen and oxygen atoms in total. The first-order valence-corrected chi connectivity index (χ1v) is 10.5. The molecular formula is C24H30N2O4. The van der Waals surface area contributed by atoms with Crippen LogP contribution in [-0.4, -0.2) is 56.5 Å². The van der Waals surface area contributed by atoms with E-state index in [4.69, 9.17) is 9.47 Å². The van der Waals surface area contributed by atoms with Gasteiger partial charge in [-0.1, -0.05) is 19.1 Å². The lowest BCUT2D eigenvalue weighted by molar-refractivity contribution is -0.133. The molecule has 0 aliphatic carbocycles. The third kappa shape index (κ3) is 5.12. The number of hydrogen-bond acceptors (Lipinski definition) is 5. The van der Waals surface area contributed by atoms with Gasteiger partial charge in [0, 0.05) is 37.9 Å². The summed E-state index contributed by atoms with van der Waals surface area (Å²) in [5, 5.41) is 0. The van der Waals surface area contributed by atoms with Crippen molar-refractivity contribution in [3.8, 4) is 11.5 Å². The van der Waals surface area contributed by atoms with E-state index in [0.29, 0.717) is 36.8 Å². The predicted octanol–water partition coefficient (Wildman–Crippen LogP) is 3.63. The number of aryl methyl sites for hydroxylation is 1. The predicted molar refractivity (Wildman–Crippen MR) is 118 cm³/mol. The normalized spacial score (nSPS) is 13.8. The minimum atomic E-state index is -0.0957. The Hall–Kier alpha value is -3.02. The molecule has 1 aliphatic heterocycles. The number of carbonyl (C=O) groups excluding carboxylic acids is 2. The highest BCUT2D eigenvalue weighted by Gasteiger charge is 2.23. The molecule has 0 N–H and O–H groups in total. The summed E-state index contributed by atoms with van der Waals surface area (Å²) >= 11 is 0. The van der Waals surface area contributed by atoms with E-state index in [0.717, 1.165) is 25.8 Å². The number of aldehydes is 1. The van der Waals surface area contributed by atoms with Crippen LogP contribution in [0.25, 0.3) is 0 Å². The third-order valence-corrected chi connectivity index (χ3v) is 5.49. The maximum atomic E-state index is 12.7. The van der Waals surface area contributed by atoms with E-state index in [-0.39, 0.29) is 12.5 Å². The number of piperazine rings is 1. The zero-order chi connectivity index (χ0) is 21.5. The van der Waals surface area contributed by atoms with Gasteiger partial charge in [-0.3, -0.25) is 9.59 Å². The maximum Gasteiger partial charge on any atom is 0.260 e. The largest absolute Gasteiger partial charge is 0.493 e. The minimum absolute atomic E-state index is 0.0765. The van der Waals surface area contributed by atoms with E-state index >= 15 is 0 Å². The fraction of sp³-hybridized carbons (Fsp3) is 0.417. The van der Waals surface area contributed by atoms with Crippen LogP contribution in [0.1, 0.15) is 34.8 Å². The smallest absolute Gasteiger partial charge is 0.260 e. The van der Waals surface area contributed by atoms with Gasteiger partial charge in [0.2, 0.25) is 0 Å². The molecule has 30 heavy (non-hydrogen) atoms. The Balaban J connectivity index is 1.56. The first-order valence-electron chi connectivity index (χ1n) is 10.5. The average Bonchev–Trinajstić information content (AvgIpc) is 2.78. The minimum Gasteiger partial charge on any atom is -0.493 e. The third-order valence-electron chi connectivity index (χ3n) is 5.49. The number of benzene rings is 2. The highest BCUT2D eigenvalue weighted by Crippen LogP contribution is 2.25. The fourth-order valence-electron chi connectivity index (χ4n) is 3.55. The summed E-state index contributed by atoms with van der Waals surface area (Å²) in [6, 6.07) is 11.4. The molecule has 1 saturated heterocycles. The first-order chi connectivity index (χ1) is 14.5. The molecule has 1 amide bonds. The second kappa shape index (κ2) is 10.1. The molecule has 160 valence electrons. The molecule has 0 spiro atoms. The lowest BCUT2D eigenvalue weighted by atomic mass is 10.1. The number of ether oxygens (including phenoxy) is 2. The van der Waals surface area contributed by atoms with Crippen molar-refractivity contribution < 1.29 is 19.1 Å². The van der Waals surface area contributed by atoms with Crippen LogP contribution in [0.3, 0.4) is 0 Å². The van der Waals surface area contributed by atoms with Crippen LogP contribution in [0.4, 0.5) is 5.69 Å². The van der Waals surface area contributed by atoms with Crippen LogP contribution in [-0.2, 0) is 4.79 Å². The van der Waals surface area contributed by atoms with Crippen molar-refractivity contribution in [1.29, 1.82) is 0 Å². The van der Waals surface area contributed by atoms with Crippen molar-refractivity contribution in [3.05, 3.63) is 53.1 Å². The van der Waals surface area contributed by atoms with Crippen molar-refractivity contribution in [2.45, 2.75) is 27.2 Å². The molecule has 1 heterocycles. The molecule has 1 aliphatic rings. The summed E-state index contributed by atoms with van der Waals surface area (Å²) in [6.07, 6.45) is 1.62. The molecule has 0 bridgehead atoms. The van der Waals surface area contributed by atoms with Gasteiger partial charge >= 0.3 is 0 Å². The summed E-state index contributed by atoms with van der Waals surface area (Å²) in [5.41, 5.74) is 4.20. The monoisotopic (exact) mass is 410 g/mol. The topological polar surface area (TPSA) is 59.1 Å². The van der Waals surface area contributed by atoms with E-state index in [1.165, 1.54) is 16.8 Å². The molecule has 0 unspecified atom stereocenters. The lowest BCUT2D eigenvalue weighted by Crippen LogP contribution is -2.50. The lowest BCUT2D eigenvalue weighted by Gasteiger charge is -2.37. The summed E-state index contributed by atoms with van der Waals surface area (Å²) in [5.74, 6) is 0.931. The molecule has 0 radical (unpaired) electrons. The number of rotatable bonds is 8. The van der Waals surface area contributed by atoms with Gasteiger partial charge in [0.25, 0.3) is 5.91 Å². The molecule has 2 aromatic carbocycles. The quantitative estimate of drug-likeness (QED) is 0.622. The Labute approximate surface area is 178 Å². The molecule has 2 aromatic rings. The van der Waals surface area contributed by atoms with Crippen molar-refractivity contribution in [2.75, 3.05) is 44.3 Å². The Morgan fingerprint density at radius 2 is 1.83 bits per heavy atom. The van der Waals surface area contributed by atoms with Gasteiger partial charge in [-0.05, 0) is 49.6 Å². The van der Waals surface area contributed by atoms with Crippen LogP contribution in [0, 0.1) is 13.8 Å². The standard InChI is InChI=1S/C24H30N2O4/c1-4-14-29-21-9-8-20(16-27)23(15-21)30-17-24(28)26-12-10-25(11-13-26)22-7-5-6-18(2)19(22)3/h5-9,15-16H,4,10-14,17H2,1-3H3. The van der Waals surface area contributed by atoms with Gasteiger partial charge in [0.05, 0.1) is 12.2 Å². The van der Waals surface area contributed by atoms with Crippen molar-refractivity contribution >= 4 is 17.9 Å². The van der Waals surface area contributed by atoms with Crippen LogP contribution >= 0.6 is 0 Å². The summed E-state index contributed by atoms with van der Waals surface area (Å²) in [7, 11) is 0. The first kappa shape index (κ1) is 21.7. The van der Waals surface area contributed by atoms with Crippen LogP contribution in [0.15, 0.2) is 36.4 Å². The van der Waals surface area contributed by atoms with Crippen molar-refractivity contribution in [2.24, 2.45) is 0 Å². The van der Waals surface area contributed by atoms with Gasteiger partial charge in [-0.15, -0.1) is 0 Å². The van der Waals surface area contributed by atoms with Gasteiger partial charge in [0.1, 0.15) is 11.5 Å². The van der Waals surface area contributed by atoms with E-state index in [2.05, 4.69) is 36.9 Å². The number of amides is 1. The second-order valence-electron chi connectivity index (χ2n) is 7.54. The SMILES string of the molecule is CCCOc1ccc(C=O)c(OCC(=O)N2CCN(c3cccc(C)c3C)CC2)c1. The van der Waals surface area contributed by atoms with Gasteiger partial charge in [-0.2, -0.15) is 0 Å². The molecule has 6 heteroatoms. The maximum absolute atomic E-state index is 12.7. The average molecular weight is 411 g/mol. The van der Waals surface area contributed by atoms with Gasteiger partial charge in [-0.25, -0.2) is 0 Å². The highest BCUT2D eigenvalue weighted by molar-refractivity contribution is 5.81. The molecule has 0 aromatic heterocycles. The number of nitrogens with zero attached hydrogens (tertiary/aromatic N) is 2. The Morgan fingerprint density at radius 1 is 1.07 bits per heavy atom. The van der Waals surface area contributed by atoms with Crippen LogP contribution < -0.4 is 14.4 Å². The Kier molecular flexibility index (Phi) is 7.33. The molecule has 3 rings (SSSR count). The molecule has 0 atom stereocenters. The van der Waals surface area contributed by atoms with E-state index in [1.807, 2.05) is 11.8 Å². The zero-order valence-corrected chi connectivity index (χ0v) is 18.0. The fourth-order valence-corrected chi connectivity index (χ4v) is 3.55. The zero-order valence-electron chi connectivity index (χ0n) is 18.0. The van der Waals surface area contributed by atoms with Gasteiger partial charge < -0.3 is 19.3 Å². The second-order valence-corrected chi connectivity index (χ2v) is 7.54. The van der Waals surface area contributed by atoms with Gasteiger partial charge in [0.15, 0.2) is 12.9 Å². The molecular weight excluding hydrogens is 380 g/mol.